The molecule has 8 heteroatoms. The fraction of sp³-hybridized carbons (Fsp3) is 0.208. The predicted octanol–water partition coefficient (Wildman–Crippen LogP) is 3.39. The Morgan fingerprint density at radius 2 is 1.75 bits per heavy atom. The summed E-state index contributed by atoms with van der Waals surface area (Å²) in [4.78, 5) is 41.7. The highest BCUT2D eigenvalue weighted by molar-refractivity contribution is 6.30. The van der Waals surface area contributed by atoms with Gasteiger partial charge in [-0.05, 0) is 24.1 Å². The number of carbonyl (C=O) groups excluding carboxylic acids is 1. The summed E-state index contributed by atoms with van der Waals surface area (Å²) >= 11 is 6.10. The number of Topliss-reactive ketones (excluding diaryl/α,β-unsaturated/α-hetero) is 1. The van der Waals surface area contributed by atoms with Crippen molar-refractivity contribution in [2.45, 2.75) is 18.9 Å². The monoisotopic (exact) mass is 449 g/mol. The maximum Gasteiger partial charge on any atom is 0.329 e. The molecule has 2 aromatic carbocycles. The van der Waals surface area contributed by atoms with Crippen LogP contribution < -0.4 is 16.6 Å². The van der Waals surface area contributed by atoms with E-state index in [2.05, 4.69) is 10.3 Å². The van der Waals surface area contributed by atoms with Gasteiger partial charge in [-0.15, -0.1) is 0 Å². The van der Waals surface area contributed by atoms with Gasteiger partial charge >= 0.3 is 5.69 Å². The van der Waals surface area contributed by atoms with Crippen molar-refractivity contribution >= 4 is 28.9 Å². The minimum atomic E-state index is -0.642. The fourth-order valence-electron chi connectivity index (χ4n) is 4.53. The lowest BCUT2D eigenvalue weighted by Crippen LogP contribution is -2.38. The van der Waals surface area contributed by atoms with Crippen molar-refractivity contribution in [3.63, 3.8) is 0 Å². The first-order chi connectivity index (χ1) is 15.5. The standard InChI is InChI=1S/C24H20ClN3O4/c1-32-12-4-11-28-22-19(23(30)27-24(28)31)17(13-7-9-14(25)10-8-13)18-20(26-22)15-5-2-3-6-16(15)21(18)29/h2-3,5-10,17,26H,4,11-12H2,1H3,(H,27,30,31)/t17-/m0/s1. The number of H-pyrrole nitrogens is 1. The van der Waals surface area contributed by atoms with Crippen LogP contribution in [-0.4, -0.2) is 29.1 Å². The van der Waals surface area contributed by atoms with Crippen molar-refractivity contribution in [3.8, 4) is 0 Å². The molecule has 5 rings (SSSR count). The molecule has 162 valence electrons. The average Bonchev–Trinajstić information content (AvgIpc) is 3.07. The summed E-state index contributed by atoms with van der Waals surface area (Å²) in [7, 11) is 1.60. The number of methoxy groups -OCH3 is 1. The number of aromatic amines is 1. The van der Waals surface area contributed by atoms with Gasteiger partial charge in [0.25, 0.3) is 5.56 Å². The summed E-state index contributed by atoms with van der Waals surface area (Å²) in [6.45, 7) is 0.820. The molecule has 32 heavy (non-hydrogen) atoms. The molecule has 1 aliphatic heterocycles. The van der Waals surface area contributed by atoms with Crippen LogP contribution >= 0.6 is 11.6 Å². The van der Waals surface area contributed by atoms with Crippen molar-refractivity contribution in [2.75, 3.05) is 19.0 Å². The molecule has 0 saturated carbocycles. The van der Waals surface area contributed by atoms with Gasteiger partial charge in [-0.1, -0.05) is 48.0 Å². The van der Waals surface area contributed by atoms with Crippen molar-refractivity contribution in [3.05, 3.63) is 102 Å². The van der Waals surface area contributed by atoms with Crippen molar-refractivity contribution in [2.24, 2.45) is 0 Å². The maximum absolute atomic E-state index is 13.4. The van der Waals surface area contributed by atoms with Crippen LogP contribution in [0.25, 0.3) is 5.70 Å². The summed E-state index contributed by atoms with van der Waals surface area (Å²) in [5.74, 6) is -0.375. The second-order valence-electron chi connectivity index (χ2n) is 7.79. The zero-order chi connectivity index (χ0) is 22.4. The van der Waals surface area contributed by atoms with Crippen LogP contribution in [-0.2, 0) is 11.3 Å². The molecule has 7 nitrogen and oxygen atoms in total. The highest BCUT2D eigenvalue weighted by atomic mass is 35.5. The average molecular weight is 450 g/mol. The maximum atomic E-state index is 13.4. The number of aromatic nitrogens is 2. The van der Waals surface area contributed by atoms with Gasteiger partial charge in [0.2, 0.25) is 0 Å². The summed E-state index contributed by atoms with van der Waals surface area (Å²) in [6, 6.07) is 14.4. The van der Waals surface area contributed by atoms with E-state index in [1.165, 1.54) is 4.57 Å². The zero-order valence-electron chi connectivity index (χ0n) is 17.3. The summed E-state index contributed by atoms with van der Waals surface area (Å²) in [5.41, 5.74) is 2.51. The van der Waals surface area contributed by atoms with Crippen molar-refractivity contribution in [1.29, 1.82) is 0 Å². The number of carbonyl (C=O) groups is 1. The van der Waals surface area contributed by atoms with Crippen LogP contribution in [0.1, 0.15) is 39.4 Å². The number of benzene rings is 2. The first-order valence-electron chi connectivity index (χ1n) is 10.3. The third-order valence-electron chi connectivity index (χ3n) is 5.94. The smallest absolute Gasteiger partial charge is 0.329 e. The largest absolute Gasteiger partial charge is 0.385 e. The van der Waals surface area contributed by atoms with Gasteiger partial charge in [-0.2, -0.15) is 0 Å². The van der Waals surface area contributed by atoms with E-state index in [0.717, 1.165) is 11.1 Å². The molecule has 0 amide bonds. The van der Waals surface area contributed by atoms with Crippen LogP contribution in [0.15, 0.2) is 63.7 Å². The molecule has 0 fully saturated rings. The Morgan fingerprint density at radius 1 is 1.03 bits per heavy atom. The Bertz CT molecular complexity index is 1390. The van der Waals surface area contributed by atoms with E-state index in [-0.39, 0.29) is 5.78 Å². The first-order valence-corrected chi connectivity index (χ1v) is 10.7. The predicted molar refractivity (Wildman–Crippen MR) is 122 cm³/mol. The van der Waals surface area contributed by atoms with Crippen LogP contribution in [0.5, 0.6) is 0 Å². The van der Waals surface area contributed by atoms with E-state index in [0.29, 0.717) is 52.8 Å². The van der Waals surface area contributed by atoms with E-state index in [4.69, 9.17) is 16.3 Å². The number of hydrogen-bond donors (Lipinski definition) is 2. The molecular weight excluding hydrogens is 430 g/mol. The lowest BCUT2D eigenvalue weighted by atomic mass is 9.81. The zero-order valence-corrected chi connectivity index (χ0v) is 18.0. The van der Waals surface area contributed by atoms with Crippen molar-refractivity contribution in [1.82, 2.24) is 9.55 Å². The van der Waals surface area contributed by atoms with E-state index >= 15 is 0 Å². The number of fused-ring (bicyclic) bond motifs is 3. The number of nitrogens with one attached hydrogen (secondary N) is 2. The van der Waals surface area contributed by atoms with Gasteiger partial charge in [0.05, 0.1) is 11.3 Å². The minimum Gasteiger partial charge on any atom is -0.385 e. The van der Waals surface area contributed by atoms with E-state index in [1.54, 1.807) is 25.3 Å². The van der Waals surface area contributed by atoms with E-state index in [9.17, 15) is 14.4 Å². The normalized spacial score (nSPS) is 16.4. The number of anilines is 1. The number of hydrogen-bond acceptors (Lipinski definition) is 5. The lowest BCUT2D eigenvalue weighted by molar-refractivity contribution is 0.103. The SMILES string of the molecule is COCCCn1c2c(c(=O)[nH]c1=O)[C@@H](c1ccc(Cl)cc1)C1=C(N2)c2ccccc2C1=O. The van der Waals surface area contributed by atoms with Crippen LogP contribution in [0.4, 0.5) is 5.82 Å². The molecule has 0 spiro atoms. The molecule has 2 aliphatic rings. The Morgan fingerprint density at radius 3 is 2.47 bits per heavy atom. The van der Waals surface area contributed by atoms with Gasteiger partial charge < -0.3 is 10.1 Å². The van der Waals surface area contributed by atoms with Crippen LogP contribution in [0.2, 0.25) is 5.02 Å². The van der Waals surface area contributed by atoms with Gasteiger partial charge in [-0.25, -0.2) is 4.79 Å². The number of nitrogens with zero attached hydrogens (tertiary/aromatic N) is 1. The first kappa shape index (κ1) is 20.5. The Labute approximate surface area is 188 Å². The molecule has 1 aliphatic carbocycles. The quantitative estimate of drug-likeness (QED) is 0.582. The Balaban J connectivity index is 1.78. The summed E-state index contributed by atoms with van der Waals surface area (Å²) in [5, 5.41) is 3.82. The molecule has 0 radical (unpaired) electrons. The van der Waals surface area contributed by atoms with Gasteiger partial charge in [0.1, 0.15) is 5.82 Å². The molecule has 2 heterocycles. The second kappa shape index (κ2) is 7.93. The summed E-state index contributed by atoms with van der Waals surface area (Å²) in [6.07, 6.45) is 0.587. The molecule has 1 aromatic heterocycles. The third-order valence-corrected chi connectivity index (χ3v) is 6.20. The van der Waals surface area contributed by atoms with Crippen LogP contribution in [0.3, 0.4) is 0 Å². The van der Waals surface area contributed by atoms with Crippen LogP contribution in [0, 0.1) is 0 Å². The number of ether oxygens (including phenoxy) is 1. The highest BCUT2D eigenvalue weighted by Crippen LogP contribution is 2.47. The van der Waals surface area contributed by atoms with Crippen molar-refractivity contribution < 1.29 is 9.53 Å². The Hall–Kier alpha value is -3.42. The summed E-state index contributed by atoms with van der Waals surface area (Å²) < 4.78 is 6.64. The molecule has 3 aromatic rings. The van der Waals surface area contributed by atoms with Gasteiger partial charge in [0, 0.05) is 47.9 Å². The number of ketones is 1. The van der Waals surface area contributed by atoms with E-state index in [1.807, 2.05) is 30.3 Å². The lowest BCUT2D eigenvalue weighted by Gasteiger charge is -2.29. The Kier molecular flexibility index (Phi) is 5.07. The van der Waals surface area contributed by atoms with Gasteiger partial charge in [0.15, 0.2) is 5.78 Å². The molecule has 0 unspecified atom stereocenters. The molecule has 0 saturated heterocycles. The number of rotatable bonds is 5. The molecule has 1 atom stereocenters. The molecular formula is C24H20ClN3O4. The van der Waals surface area contributed by atoms with Gasteiger partial charge in [-0.3, -0.25) is 19.1 Å². The minimum absolute atomic E-state index is 0.134. The highest BCUT2D eigenvalue weighted by Gasteiger charge is 2.42. The molecule has 2 N–H and O–H groups in total. The second-order valence-corrected chi connectivity index (χ2v) is 8.23. The third kappa shape index (κ3) is 3.13. The number of allylic oxidation sites excluding steroid dienone is 1. The fourth-order valence-corrected chi connectivity index (χ4v) is 4.66. The number of halogens is 1. The topological polar surface area (TPSA) is 93.2 Å². The van der Waals surface area contributed by atoms with E-state index < -0.39 is 17.2 Å². The molecule has 0 bridgehead atoms.